The number of aliphatic carboxylic acids is 1. The first kappa shape index (κ1) is 11.5. The van der Waals surface area contributed by atoms with Crippen LogP contribution in [0.25, 0.3) is 0 Å². The summed E-state index contributed by atoms with van der Waals surface area (Å²) in [6.07, 6.45) is 2.39. The number of hydrogen-bond donors (Lipinski definition) is 1. The standard InChI is InChI=1S/C10H19NO3/c1-3-11(8(2)10(12)13)7-9-5-4-6-14-9/h8-9H,3-7H2,1-2H3,(H,12,13). The Kier molecular flexibility index (Phi) is 4.35. The summed E-state index contributed by atoms with van der Waals surface area (Å²) in [6.45, 7) is 6.02. The van der Waals surface area contributed by atoms with E-state index in [1.807, 2.05) is 11.8 Å². The maximum atomic E-state index is 10.8. The van der Waals surface area contributed by atoms with Crippen molar-refractivity contribution in [3.63, 3.8) is 0 Å². The monoisotopic (exact) mass is 201 g/mol. The van der Waals surface area contributed by atoms with Crippen LogP contribution in [0.4, 0.5) is 0 Å². The molecule has 1 heterocycles. The zero-order valence-electron chi connectivity index (χ0n) is 8.90. The lowest BCUT2D eigenvalue weighted by molar-refractivity contribution is -0.143. The highest BCUT2D eigenvalue weighted by molar-refractivity contribution is 5.72. The summed E-state index contributed by atoms with van der Waals surface area (Å²) in [7, 11) is 0. The fourth-order valence-corrected chi connectivity index (χ4v) is 1.77. The number of carboxylic acids is 1. The van der Waals surface area contributed by atoms with Crippen molar-refractivity contribution < 1.29 is 14.6 Å². The Bertz CT molecular complexity index is 190. The Labute approximate surface area is 84.8 Å². The minimum atomic E-state index is -0.759. The van der Waals surface area contributed by atoms with Crippen molar-refractivity contribution in [1.82, 2.24) is 4.90 Å². The normalized spacial score (nSPS) is 24.1. The predicted molar refractivity (Wildman–Crippen MR) is 53.3 cm³/mol. The average Bonchev–Trinajstić information content (AvgIpc) is 2.65. The Morgan fingerprint density at radius 1 is 1.71 bits per heavy atom. The fourth-order valence-electron chi connectivity index (χ4n) is 1.77. The van der Waals surface area contributed by atoms with Crippen molar-refractivity contribution >= 4 is 5.97 Å². The molecule has 14 heavy (non-hydrogen) atoms. The van der Waals surface area contributed by atoms with Gasteiger partial charge < -0.3 is 9.84 Å². The molecule has 1 rings (SSSR count). The average molecular weight is 201 g/mol. The summed E-state index contributed by atoms with van der Waals surface area (Å²) < 4.78 is 5.48. The van der Waals surface area contributed by atoms with E-state index in [0.717, 1.165) is 32.5 Å². The van der Waals surface area contributed by atoms with Gasteiger partial charge >= 0.3 is 5.97 Å². The van der Waals surface area contributed by atoms with E-state index in [4.69, 9.17) is 9.84 Å². The van der Waals surface area contributed by atoms with Gasteiger partial charge in [-0.25, -0.2) is 0 Å². The zero-order chi connectivity index (χ0) is 10.6. The van der Waals surface area contributed by atoms with Crippen LogP contribution >= 0.6 is 0 Å². The van der Waals surface area contributed by atoms with E-state index in [1.165, 1.54) is 0 Å². The molecule has 1 fully saturated rings. The second-order valence-electron chi connectivity index (χ2n) is 3.74. The summed E-state index contributed by atoms with van der Waals surface area (Å²) in [6, 6.07) is -0.413. The number of nitrogens with zero attached hydrogens (tertiary/aromatic N) is 1. The van der Waals surface area contributed by atoms with Crippen LogP contribution in [0.2, 0.25) is 0 Å². The first-order chi connectivity index (χ1) is 6.65. The topological polar surface area (TPSA) is 49.8 Å². The number of rotatable bonds is 5. The van der Waals surface area contributed by atoms with E-state index >= 15 is 0 Å². The number of carboxylic acid groups (broad SMARTS) is 1. The molecule has 1 N–H and O–H groups in total. The van der Waals surface area contributed by atoms with Gasteiger partial charge in [0.25, 0.3) is 0 Å². The molecule has 82 valence electrons. The molecule has 1 aliphatic heterocycles. The molecule has 0 saturated carbocycles. The van der Waals surface area contributed by atoms with Crippen LogP contribution in [0.1, 0.15) is 26.7 Å². The molecule has 2 atom stereocenters. The summed E-state index contributed by atoms with van der Waals surface area (Å²) in [5.41, 5.74) is 0. The van der Waals surface area contributed by atoms with Gasteiger partial charge in [0.05, 0.1) is 6.10 Å². The van der Waals surface area contributed by atoms with E-state index < -0.39 is 12.0 Å². The molecule has 0 spiro atoms. The molecule has 0 aromatic carbocycles. The van der Waals surface area contributed by atoms with Gasteiger partial charge in [-0.15, -0.1) is 0 Å². The van der Waals surface area contributed by atoms with Crippen LogP contribution in [-0.4, -0.2) is 47.8 Å². The molecule has 4 heteroatoms. The quantitative estimate of drug-likeness (QED) is 0.719. The van der Waals surface area contributed by atoms with Crippen molar-refractivity contribution in [2.75, 3.05) is 19.7 Å². The van der Waals surface area contributed by atoms with Gasteiger partial charge in [-0.3, -0.25) is 9.69 Å². The van der Waals surface area contributed by atoms with Crippen LogP contribution in [0.5, 0.6) is 0 Å². The second kappa shape index (κ2) is 5.32. The molecule has 4 nitrogen and oxygen atoms in total. The fraction of sp³-hybridized carbons (Fsp3) is 0.900. The van der Waals surface area contributed by atoms with Crippen LogP contribution < -0.4 is 0 Å². The van der Waals surface area contributed by atoms with Crippen molar-refractivity contribution in [3.8, 4) is 0 Å². The van der Waals surface area contributed by atoms with E-state index in [2.05, 4.69) is 0 Å². The Morgan fingerprint density at radius 3 is 2.86 bits per heavy atom. The van der Waals surface area contributed by atoms with Gasteiger partial charge in [0.15, 0.2) is 0 Å². The maximum Gasteiger partial charge on any atom is 0.320 e. The molecule has 0 bridgehead atoms. The highest BCUT2D eigenvalue weighted by atomic mass is 16.5. The number of hydrogen-bond acceptors (Lipinski definition) is 3. The van der Waals surface area contributed by atoms with Gasteiger partial charge in [0.2, 0.25) is 0 Å². The number of ether oxygens (including phenoxy) is 1. The minimum Gasteiger partial charge on any atom is -0.480 e. The van der Waals surface area contributed by atoms with Crippen molar-refractivity contribution in [1.29, 1.82) is 0 Å². The Hall–Kier alpha value is -0.610. The third kappa shape index (κ3) is 2.96. The van der Waals surface area contributed by atoms with Gasteiger partial charge in [-0.2, -0.15) is 0 Å². The van der Waals surface area contributed by atoms with Gasteiger partial charge in [-0.05, 0) is 26.3 Å². The number of likely N-dealkylation sites (N-methyl/N-ethyl adjacent to an activating group) is 1. The summed E-state index contributed by atoms with van der Waals surface area (Å²) in [5.74, 6) is -0.759. The van der Waals surface area contributed by atoms with E-state index in [-0.39, 0.29) is 6.10 Å². The van der Waals surface area contributed by atoms with E-state index in [9.17, 15) is 4.79 Å². The van der Waals surface area contributed by atoms with Gasteiger partial charge in [0.1, 0.15) is 6.04 Å². The third-order valence-corrected chi connectivity index (χ3v) is 2.77. The lowest BCUT2D eigenvalue weighted by Gasteiger charge is -2.26. The van der Waals surface area contributed by atoms with E-state index in [0.29, 0.717) is 0 Å². The Morgan fingerprint density at radius 2 is 2.43 bits per heavy atom. The smallest absolute Gasteiger partial charge is 0.320 e. The predicted octanol–water partition coefficient (Wildman–Crippen LogP) is 0.960. The maximum absolute atomic E-state index is 10.8. The molecule has 2 unspecified atom stereocenters. The molecule has 0 aromatic rings. The molecule has 0 radical (unpaired) electrons. The number of carbonyl (C=O) groups is 1. The zero-order valence-corrected chi connectivity index (χ0v) is 8.90. The van der Waals surface area contributed by atoms with Crippen LogP contribution in [0.3, 0.4) is 0 Å². The van der Waals surface area contributed by atoms with Crippen LogP contribution in [-0.2, 0) is 9.53 Å². The van der Waals surface area contributed by atoms with Gasteiger partial charge in [0, 0.05) is 13.2 Å². The van der Waals surface area contributed by atoms with Crippen molar-refractivity contribution in [3.05, 3.63) is 0 Å². The lowest BCUT2D eigenvalue weighted by Crippen LogP contribution is -2.42. The minimum absolute atomic E-state index is 0.233. The first-order valence-corrected chi connectivity index (χ1v) is 5.23. The highest BCUT2D eigenvalue weighted by Gasteiger charge is 2.24. The van der Waals surface area contributed by atoms with Crippen molar-refractivity contribution in [2.24, 2.45) is 0 Å². The summed E-state index contributed by atoms with van der Waals surface area (Å²) in [5, 5.41) is 8.87. The molecular weight excluding hydrogens is 182 g/mol. The summed E-state index contributed by atoms with van der Waals surface area (Å²) >= 11 is 0. The largest absolute Gasteiger partial charge is 0.480 e. The molecule has 1 saturated heterocycles. The van der Waals surface area contributed by atoms with Crippen molar-refractivity contribution in [2.45, 2.75) is 38.8 Å². The lowest BCUT2D eigenvalue weighted by atomic mass is 10.2. The SMILES string of the molecule is CCN(CC1CCCO1)C(C)C(=O)O. The highest BCUT2D eigenvalue weighted by Crippen LogP contribution is 2.14. The summed E-state index contributed by atoms with van der Waals surface area (Å²) in [4.78, 5) is 12.7. The second-order valence-corrected chi connectivity index (χ2v) is 3.74. The molecule has 1 aliphatic rings. The van der Waals surface area contributed by atoms with Crippen LogP contribution in [0, 0.1) is 0 Å². The van der Waals surface area contributed by atoms with Gasteiger partial charge in [-0.1, -0.05) is 6.92 Å². The molecule has 0 amide bonds. The third-order valence-electron chi connectivity index (χ3n) is 2.77. The first-order valence-electron chi connectivity index (χ1n) is 5.23. The van der Waals surface area contributed by atoms with E-state index in [1.54, 1.807) is 6.92 Å². The molecule has 0 aromatic heterocycles. The molecule has 0 aliphatic carbocycles. The Balaban J connectivity index is 2.40. The molecular formula is C10H19NO3. The van der Waals surface area contributed by atoms with Crippen LogP contribution in [0.15, 0.2) is 0 Å².